The molecule has 0 bridgehead atoms. The maximum atomic E-state index is 13.6. The molecule has 0 aromatic heterocycles. The molecule has 1 fully saturated rings. The lowest BCUT2D eigenvalue weighted by atomic mass is 9.77. The first-order chi connectivity index (χ1) is 19.1. The first-order valence-corrected chi connectivity index (χ1v) is 14.1. The largest absolute Gasteiger partial charge is 0.487 e. The number of hydrogen-bond donors (Lipinski definition) is 0. The van der Waals surface area contributed by atoms with Gasteiger partial charge in [0, 0.05) is 11.6 Å². The van der Waals surface area contributed by atoms with E-state index in [0.717, 1.165) is 36.6 Å². The topological polar surface area (TPSA) is 9.23 Å². The van der Waals surface area contributed by atoms with Gasteiger partial charge in [0.05, 0.1) is 6.67 Å². The van der Waals surface area contributed by atoms with Crippen molar-refractivity contribution < 1.29 is 31.1 Å². The molecule has 0 unspecified atom stereocenters. The van der Waals surface area contributed by atoms with Crippen molar-refractivity contribution >= 4 is 11.6 Å². The highest BCUT2D eigenvalue weighted by atomic mass is 35.5. The molecule has 0 N–H and O–H groups in total. The van der Waals surface area contributed by atoms with E-state index in [1.54, 1.807) is 0 Å². The average Bonchev–Trinajstić information content (AvgIpc) is 2.92. The molecule has 1 aliphatic carbocycles. The number of aryl methyl sites for hydroxylation is 1. The van der Waals surface area contributed by atoms with Gasteiger partial charge < -0.3 is 4.74 Å². The Morgan fingerprint density at radius 2 is 1.43 bits per heavy atom. The molecular weight excluding hydrogens is 550 g/mol. The van der Waals surface area contributed by atoms with E-state index in [-0.39, 0.29) is 12.2 Å². The van der Waals surface area contributed by atoms with E-state index >= 15 is 0 Å². The van der Waals surface area contributed by atoms with Crippen molar-refractivity contribution in [3.05, 3.63) is 89.2 Å². The number of rotatable bonds is 10. The molecule has 0 amide bonds. The Kier molecular flexibility index (Phi) is 12.2. The van der Waals surface area contributed by atoms with Gasteiger partial charge in [0.15, 0.2) is 17.4 Å². The van der Waals surface area contributed by atoms with Crippen LogP contribution in [0.1, 0.15) is 75.3 Å². The van der Waals surface area contributed by atoms with Crippen LogP contribution in [0, 0.1) is 23.4 Å². The lowest BCUT2D eigenvalue weighted by Gasteiger charge is -2.28. The van der Waals surface area contributed by atoms with E-state index in [0.29, 0.717) is 11.5 Å². The quantitative estimate of drug-likeness (QED) is 0.131. The molecule has 0 radical (unpaired) electrons. The summed E-state index contributed by atoms with van der Waals surface area (Å²) in [6, 6.07) is 15.7. The van der Waals surface area contributed by atoms with Gasteiger partial charge in [-0.25, -0.2) is 13.2 Å². The van der Waals surface area contributed by atoms with Crippen LogP contribution in [0.4, 0.5) is 26.3 Å². The van der Waals surface area contributed by atoms with Gasteiger partial charge in [0.25, 0.3) is 0 Å². The van der Waals surface area contributed by atoms with Crippen molar-refractivity contribution in [1.29, 1.82) is 0 Å². The fraction of sp³-hybridized carbons (Fsp3) is 0.438. The highest BCUT2D eigenvalue weighted by Gasteiger charge is 2.31. The van der Waals surface area contributed by atoms with Crippen molar-refractivity contribution in [3.63, 3.8) is 0 Å². The molecule has 218 valence electrons. The SMILES string of the molecule is CCCCCc1ccc(C2CCC(CCF)CC2)cc1.Fc1ccc(-c2cc(F)c(OC(F)(F)Cl)c(F)c2)cc1. The van der Waals surface area contributed by atoms with Gasteiger partial charge in [-0.15, -0.1) is 8.78 Å². The average molecular weight is 585 g/mol. The Morgan fingerprint density at radius 1 is 0.825 bits per heavy atom. The minimum absolute atomic E-state index is 0.0465. The first-order valence-electron chi connectivity index (χ1n) is 13.7. The van der Waals surface area contributed by atoms with Crippen molar-refractivity contribution in [2.24, 2.45) is 5.92 Å². The van der Waals surface area contributed by atoms with Crippen molar-refractivity contribution in [3.8, 4) is 16.9 Å². The van der Waals surface area contributed by atoms with Crippen LogP contribution < -0.4 is 4.74 Å². The van der Waals surface area contributed by atoms with Gasteiger partial charge in [0.2, 0.25) is 0 Å². The van der Waals surface area contributed by atoms with Crippen molar-refractivity contribution in [1.82, 2.24) is 0 Å². The third kappa shape index (κ3) is 10.1. The molecule has 0 atom stereocenters. The highest BCUT2D eigenvalue weighted by molar-refractivity contribution is 6.20. The molecule has 8 heteroatoms. The minimum atomic E-state index is -4.22. The van der Waals surface area contributed by atoms with E-state index in [1.165, 1.54) is 74.6 Å². The molecule has 40 heavy (non-hydrogen) atoms. The summed E-state index contributed by atoms with van der Waals surface area (Å²) in [4.78, 5) is 0. The number of alkyl halides is 4. The fourth-order valence-corrected chi connectivity index (χ4v) is 5.13. The second kappa shape index (κ2) is 15.4. The van der Waals surface area contributed by atoms with E-state index < -0.39 is 28.8 Å². The van der Waals surface area contributed by atoms with E-state index in [9.17, 15) is 26.3 Å². The Bertz CT molecular complexity index is 1150. The van der Waals surface area contributed by atoms with Crippen LogP contribution in [0.3, 0.4) is 0 Å². The van der Waals surface area contributed by atoms with Crippen LogP contribution in [0.25, 0.3) is 11.1 Å². The summed E-state index contributed by atoms with van der Waals surface area (Å²) < 4.78 is 80.8. The smallest absolute Gasteiger partial charge is 0.414 e. The predicted molar refractivity (Wildman–Crippen MR) is 148 cm³/mol. The summed E-state index contributed by atoms with van der Waals surface area (Å²) in [5, 5.41) is 0. The highest BCUT2D eigenvalue weighted by Crippen LogP contribution is 2.37. The number of halogens is 7. The summed E-state index contributed by atoms with van der Waals surface area (Å²) in [6.45, 7) is 2.12. The van der Waals surface area contributed by atoms with Crippen molar-refractivity contribution in [2.75, 3.05) is 6.67 Å². The Hall–Kier alpha value is -2.67. The molecule has 1 saturated carbocycles. The lowest BCUT2D eigenvalue weighted by Crippen LogP contribution is -2.17. The monoisotopic (exact) mass is 584 g/mol. The maximum Gasteiger partial charge on any atom is 0.487 e. The molecule has 0 saturated heterocycles. The molecule has 4 rings (SSSR count). The molecule has 0 heterocycles. The summed E-state index contributed by atoms with van der Waals surface area (Å²) in [6.07, 6.45) is 10.9. The standard InChI is InChI=1S/C19H29F.C13H6ClF5O/c1-2-3-4-5-16-6-10-18(11-7-16)19-12-8-17(9-13-19)14-15-20;14-13(18,19)20-12-10(16)5-8(6-11(12)17)7-1-3-9(15)4-2-7/h6-7,10-11,17,19H,2-5,8-9,12-15H2,1H3;1-6H. The minimum Gasteiger partial charge on any atom is -0.414 e. The fourth-order valence-electron chi connectivity index (χ4n) is 5.06. The Morgan fingerprint density at radius 3 is 1.95 bits per heavy atom. The predicted octanol–water partition coefficient (Wildman–Crippen LogP) is 11.0. The third-order valence-electron chi connectivity index (χ3n) is 7.28. The van der Waals surface area contributed by atoms with Gasteiger partial charge in [0.1, 0.15) is 5.82 Å². The zero-order valence-electron chi connectivity index (χ0n) is 22.6. The van der Waals surface area contributed by atoms with E-state index in [4.69, 9.17) is 0 Å². The molecule has 3 aromatic carbocycles. The number of unbranched alkanes of at least 4 members (excludes halogenated alkanes) is 2. The van der Waals surface area contributed by atoms with Crippen LogP contribution in [0.5, 0.6) is 5.75 Å². The van der Waals surface area contributed by atoms with Crippen LogP contribution in [-0.4, -0.2) is 12.2 Å². The number of benzene rings is 3. The van der Waals surface area contributed by atoms with Crippen LogP contribution in [0.2, 0.25) is 0 Å². The lowest BCUT2D eigenvalue weighted by molar-refractivity contribution is -0.100. The second-order valence-corrected chi connectivity index (χ2v) is 10.7. The summed E-state index contributed by atoms with van der Waals surface area (Å²) >= 11 is 4.46. The molecule has 1 nitrogen and oxygen atoms in total. The van der Waals surface area contributed by atoms with Crippen molar-refractivity contribution in [2.45, 2.75) is 76.2 Å². The summed E-state index contributed by atoms with van der Waals surface area (Å²) in [5.74, 6) is -3.12. The van der Waals surface area contributed by atoms with Gasteiger partial charge >= 0.3 is 5.57 Å². The van der Waals surface area contributed by atoms with Crippen LogP contribution >= 0.6 is 11.6 Å². The second-order valence-electron chi connectivity index (χ2n) is 10.2. The molecule has 0 spiro atoms. The van der Waals surface area contributed by atoms with E-state index in [1.807, 2.05) is 0 Å². The van der Waals surface area contributed by atoms with Gasteiger partial charge in [-0.05, 0) is 103 Å². The normalized spacial score (nSPS) is 17.2. The zero-order chi connectivity index (χ0) is 29.1. The van der Waals surface area contributed by atoms with Crippen LogP contribution in [-0.2, 0) is 6.42 Å². The number of ether oxygens (including phenoxy) is 1. The van der Waals surface area contributed by atoms with Gasteiger partial charge in [-0.3, -0.25) is 4.39 Å². The first kappa shape index (κ1) is 31.9. The number of hydrogen-bond acceptors (Lipinski definition) is 1. The maximum absolute atomic E-state index is 13.6. The zero-order valence-corrected chi connectivity index (χ0v) is 23.3. The van der Waals surface area contributed by atoms with Gasteiger partial charge in [-0.2, -0.15) is 0 Å². The molecular formula is C32H35ClF6O. The Labute approximate surface area is 237 Å². The van der Waals surface area contributed by atoms with Gasteiger partial charge in [-0.1, -0.05) is 56.2 Å². The molecule has 1 aliphatic rings. The van der Waals surface area contributed by atoms with E-state index in [2.05, 4.69) is 47.5 Å². The summed E-state index contributed by atoms with van der Waals surface area (Å²) in [7, 11) is 0. The van der Waals surface area contributed by atoms with Crippen LogP contribution in [0.15, 0.2) is 60.7 Å². The molecule has 0 aliphatic heterocycles. The third-order valence-corrected chi connectivity index (χ3v) is 7.36. The molecule has 3 aromatic rings. The Balaban J connectivity index is 0.000000220. The summed E-state index contributed by atoms with van der Waals surface area (Å²) in [5.41, 5.74) is -0.881.